The molecule has 1 N–H and O–H groups in total. The van der Waals surface area contributed by atoms with E-state index in [9.17, 15) is 5.11 Å². The van der Waals surface area contributed by atoms with Gasteiger partial charge in [-0.1, -0.05) is 13.0 Å². The van der Waals surface area contributed by atoms with Gasteiger partial charge in [0.15, 0.2) is 0 Å². The van der Waals surface area contributed by atoms with Crippen LogP contribution in [0.4, 0.5) is 5.82 Å². The number of aromatic nitrogens is 1. The van der Waals surface area contributed by atoms with E-state index in [1.54, 1.807) is 0 Å². The molecule has 0 aliphatic carbocycles. The van der Waals surface area contributed by atoms with Gasteiger partial charge in [0.1, 0.15) is 5.82 Å². The number of aliphatic hydroxyl groups excluding tert-OH is 1. The largest absolute Gasteiger partial charge is 0.392 e. The molecule has 0 saturated carbocycles. The Bertz CT molecular complexity index is 341. The second-order valence-corrected chi connectivity index (χ2v) is 4.19. The van der Waals surface area contributed by atoms with Crippen molar-refractivity contribution in [2.75, 3.05) is 18.5 Å². The highest BCUT2D eigenvalue weighted by Gasteiger charge is 2.05. The van der Waals surface area contributed by atoms with Crippen LogP contribution in [0.3, 0.4) is 0 Å². The minimum Gasteiger partial charge on any atom is -0.392 e. The van der Waals surface area contributed by atoms with Crippen LogP contribution in [0.1, 0.15) is 31.0 Å². The van der Waals surface area contributed by atoms with Gasteiger partial charge in [-0.05, 0) is 37.0 Å². The van der Waals surface area contributed by atoms with Gasteiger partial charge < -0.3 is 10.0 Å². The zero-order valence-electron chi connectivity index (χ0n) is 10.8. The van der Waals surface area contributed by atoms with E-state index in [0.717, 1.165) is 42.9 Å². The highest BCUT2D eigenvalue weighted by molar-refractivity contribution is 5.41. The topological polar surface area (TPSA) is 36.4 Å². The van der Waals surface area contributed by atoms with Crippen LogP contribution in [0.25, 0.3) is 0 Å². The van der Waals surface area contributed by atoms with Gasteiger partial charge in [-0.25, -0.2) is 4.98 Å². The second kappa shape index (κ2) is 7.07. The first kappa shape index (κ1) is 13.7. The zero-order chi connectivity index (χ0) is 12.7. The standard InChI is InChI=1S/C14H22N2O/c1-4-6-7-8-16(3)14-10-12(11-17)9-13(5-2)15-14/h4,9-10,17H,1,5-8,11H2,2-3H3. The Morgan fingerprint density at radius 1 is 1.47 bits per heavy atom. The molecule has 0 amide bonds. The number of pyridine rings is 1. The summed E-state index contributed by atoms with van der Waals surface area (Å²) >= 11 is 0. The lowest BCUT2D eigenvalue weighted by molar-refractivity contribution is 0.281. The normalized spacial score (nSPS) is 10.3. The Hall–Kier alpha value is -1.35. The number of anilines is 1. The molecule has 0 bridgehead atoms. The van der Waals surface area contributed by atoms with E-state index in [-0.39, 0.29) is 6.61 Å². The van der Waals surface area contributed by atoms with Crippen LogP contribution < -0.4 is 4.90 Å². The number of aliphatic hydroxyl groups is 1. The Morgan fingerprint density at radius 2 is 2.24 bits per heavy atom. The summed E-state index contributed by atoms with van der Waals surface area (Å²) in [5.41, 5.74) is 1.96. The maximum absolute atomic E-state index is 9.22. The molecule has 0 aliphatic heterocycles. The third kappa shape index (κ3) is 4.19. The van der Waals surface area contributed by atoms with Gasteiger partial charge in [0.2, 0.25) is 0 Å². The van der Waals surface area contributed by atoms with Crippen LogP contribution in [-0.2, 0) is 13.0 Å². The summed E-state index contributed by atoms with van der Waals surface area (Å²) in [6.07, 6.45) is 4.92. The molecule has 0 spiro atoms. The number of hydrogen-bond donors (Lipinski definition) is 1. The van der Waals surface area contributed by atoms with Crippen molar-refractivity contribution in [3.63, 3.8) is 0 Å². The average Bonchev–Trinajstić information content (AvgIpc) is 2.38. The predicted molar refractivity (Wildman–Crippen MR) is 72.2 cm³/mol. The van der Waals surface area contributed by atoms with Crippen molar-refractivity contribution >= 4 is 5.82 Å². The van der Waals surface area contributed by atoms with Crippen molar-refractivity contribution in [2.45, 2.75) is 32.8 Å². The van der Waals surface area contributed by atoms with Crippen molar-refractivity contribution < 1.29 is 5.11 Å². The number of rotatable bonds is 7. The molecule has 0 fully saturated rings. The molecule has 0 unspecified atom stereocenters. The molecule has 94 valence electrons. The number of hydrogen-bond acceptors (Lipinski definition) is 3. The highest BCUT2D eigenvalue weighted by Crippen LogP contribution is 2.15. The first-order valence-corrected chi connectivity index (χ1v) is 6.14. The zero-order valence-corrected chi connectivity index (χ0v) is 10.8. The molecule has 3 nitrogen and oxygen atoms in total. The average molecular weight is 234 g/mol. The van der Waals surface area contributed by atoms with Crippen molar-refractivity contribution in [3.05, 3.63) is 36.0 Å². The quantitative estimate of drug-likeness (QED) is 0.582. The van der Waals surface area contributed by atoms with Gasteiger partial charge in [-0.2, -0.15) is 0 Å². The molecule has 17 heavy (non-hydrogen) atoms. The summed E-state index contributed by atoms with van der Waals surface area (Å²) in [4.78, 5) is 6.69. The summed E-state index contributed by atoms with van der Waals surface area (Å²) in [7, 11) is 2.03. The third-order valence-electron chi connectivity index (χ3n) is 2.76. The van der Waals surface area contributed by atoms with Gasteiger partial charge in [0.25, 0.3) is 0 Å². The van der Waals surface area contributed by atoms with E-state index in [0.29, 0.717) is 0 Å². The molecule has 1 aromatic heterocycles. The SMILES string of the molecule is C=CCCCN(C)c1cc(CO)cc(CC)n1. The van der Waals surface area contributed by atoms with Gasteiger partial charge in [0, 0.05) is 19.3 Å². The van der Waals surface area contributed by atoms with Crippen LogP contribution in [0.5, 0.6) is 0 Å². The number of nitrogens with zero attached hydrogens (tertiary/aromatic N) is 2. The Labute approximate surface area is 104 Å². The van der Waals surface area contributed by atoms with Crippen LogP contribution in [0.15, 0.2) is 24.8 Å². The molecular formula is C14H22N2O. The summed E-state index contributed by atoms with van der Waals surface area (Å²) in [5.74, 6) is 0.942. The maximum atomic E-state index is 9.22. The van der Waals surface area contributed by atoms with Crippen molar-refractivity contribution in [1.29, 1.82) is 0 Å². The molecule has 0 radical (unpaired) electrons. The molecule has 1 heterocycles. The van der Waals surface area contributed by atoms with E-state index >= 15 is 0 Å². The molecule has 0 aromatic carbocycles. The van der Waals surface area contributed by atoms with E-state index in [4.69, 9.17) is 0 Å². The lowest BCUT2D eigenvalue weighted by Crippen LogP contribution is -2.20. The van der Waals surface area contributed by atoms with Gasteiger partial charge in [0.05, 0.1) is 6.61 Å². The van der Waals surface area contributed by atoms with Crippen molar-refractivity contribution in [3.8, 4) is 0 Å². The van der Waals surface area contributed by atoms with Crippen LogP contribution in [0.2, 0.25) is 0 Å². The minimum atomic E-state index is 0.0724. The lowest BCUT2D eigenvalue weighted by atomic mass is 10.2. The summed E-state index contributed by atoms with van der Waals surface area (Å²) in [6.45, 7) is 6.82. The fourth-order valence-electron chi connectivity index (χ4n) is 1.69. The Morgan fingerprint density at radius 3 is 2.82 bits per heavy atom. The van der Waals surface area contributed by atoms with E-state index in [2.05, 4.69) is 23.4 Å². The number of aryl methyl sites for hydroxylation is 1. The second-order valence-electron chi connectivity index (χ2n) is 4.19. The summed E-state index contributed by atoms with van der Waals surface area (Å²) < 4.78 is 0. The number of allylic oxidation sites excluding steroid dienone is 1. The van der Waals surface area contributed by atoms with Crippen molar-refractivity contribution in [1.82, 2.24) is 4.98 Å². The molecule has 0 atom stereocenters. The van der Waals surface area contributed by atoms with E-state index in [1.807, 2.05) is 25.3 Å². The molecule has 3 heteroatoms. The Kier molecular flexibility index (Phi) is 5.70. The number of unbranched alkanes of at least 4 members (excludes halogenated alkanes) is 1. The molecule has 0 aliphatic rings. The summed E-state index contributed by atoms with van der Waals surface area (Å²) in [5, 5.41) is 9.22. The molecule has 1 aromatic rings. The summed E-state index contributed by atoms with van der Waals surface area (Å²) in [6, 6.07) is 3.91. The van der Waals surface area contributed by atoms with Gasteiger partial charge in [-0.15, -0.1) is 6.58 Å². The van der Waals surface area contributed by atoms with E-state index in [1.165, 1.54) is 0 Å². The van der Waals surface area contributed by atoms with Crippen molar-refractivity contribution in [2.24, 2.45) is 0 Å². The monoisotopic (exact) mass is 234 g/mol. The predicted octanol–water partition coefficient (Wildman–Crippen LogP) is 2.54. The molecule has 0 saturated heterocycles. The fourth-order valence-corrected chi connectivity index (χ4v) is 1.69. The van der Waals surface area contributed by atoms with Gasteiger partial charge >= 0.3 is 0 Å². The van der Waals surface area contributed by atoms with Crippen LogP contribution >= 0.6 is 0 Å². The minimum absolute atomic E-state index is 0.0724. The van der Waals surface area contributed by atoms with Crippen LogP contribution in [-0.4, -0.2) is 23.7 Å². The fraction of sp³-hybridized carbons (Fsp3) is 0.500. The third-order valence-corrected chi connectivity index (χ3v) is 2.76. The first-order valence-electron chi connectivity index (χ1n) is 6.14. The smallest absolute Gasteiger partial charge is 0.128 e. The van der Waals surface area contributed by atoms with Gasteiger partial charge in [-0.3, -0.25) is 0 Å². The van der Waals surface area contributed by atoms with Crippen LogP contribution in [0, 0.1) is 0 Å². The Balaban J connectivity index is 2.76. The highest BCUT2D eigenvalue weighted by atomic mass is 16.3. The molecule has 1 rings (SSSR count). The molecular weight excluding hydrogens is 212 g/mol. The first-order chi connectivity index (χ1) is 8.21. The van der Waals surface area contributed by atoms with E-state index < -0.39 is 0 Å². The lowest BCUT2D eigenvalue weighted by Gasteiger charge is -2.19. The maximum Gasteiger partial charge on any atom is 0.128 e.